The van der Waals surface area contributed by atoms with Crippen molar-refractivity contribution in [3.8, 4) is 0 Å². The molecule has 0 aromatic carbocycles. The third-order valence-corrected chi connectivity index (χ3v) is 4.30. The Morgan fingerprint density at radius 2 is 2.11 bits per heavy atom. The summed E-state index contributed by atoms with van der Waals surface area (Å²) in [5, 5.41) is 12.7. The second kappa shape index (κ2) is 7.25. The van der Waals surface area contributed by atoms with Gasteiger partial charge in [-0.25, -0.2) is 0 Å². The summed E-state index contributed by atoms with van der Waals surface area (Å²) in [6.45, 7) is 6.53. The number of aliphatic carboxylic acids is 1. The van der Waals surface area contributed by atoms with Gasteiger partial charge in [0.2, 0.25) is 0 Å². The van der Waals surface area contributed by atoms with Crippen molar-refractivity contribution >= 4 is 5.97 Å². The van der Waals surface area contributed by atoms with E-state index in [1.165, 1.54) is 25.7 Å². The predicted octanol–water partition coefficient (Wildman–Crippen LogP) is 1.95. The van der Waals surface area contributed by atoms with Crippen LogP contribution in [0.4, 0.5) is 0 Å². The van der Waals surface area contributed by atoms with E-state index >= 15 is 0 Å². The zero-order chi connectivity index (χ0) is 13.7. The van der Waals surface area contributed by atoms with Crippen LogP contribution in [0.2, 0.25) is 0 Å². The Hall–Kier alpha value is -0.610. The number of likely N-dealkylation sites (tertiary alicyclic amines) is 1. The average molecular weight is 268 g/mol. The Kier molecular flexibility index (Phi) is 5.64. The van der Waals surface area contributed by atoms with Crippen molar-refractivity contribution in [3.05, 3.63) is 0 Å². The number of carboxylic acid groups (broad SMARTS) is 1. The van der Waals surface area contributed by atoms with E-state index in [0.29, 0.717) is 18.4 Å². The van der Waals surface area contributed by atoms with Crippen molar-refractivity contribution in [3.63, 3.8) is 0 Å². The highest BCUT2D eigenvalue weighted by Gasteiger charge is 2.29. The Morgan fingerprint density at radius 3 is 2.74 bits per heavy atom. The third-order valence-electron chi connectivity index (χ3n) is 4.30. The van der Waals surface area contributed by atoms with Crippen molar-refractivity contribution in [1.29, 1.82) is 0 Å². The summed E-state index contributed by atoms with van der Waals surface area (Å²) in [5.74, 6) is 0.562. The maximum Gasteiger partial charge on any atom is 0.303 e. The van der Waals surface area contributed by atoms with Crippen molar-refractivity contribution in [2.75, 3.05) is 26.2 Å². The van der Waals surface area contributed by atoms with Crippen LogP contribution >= 0.6 is 0 Å². The minimum Gasteiger partial charge on any atom is -0.481 e. The van der Waals surface area contributed by atoms with Crippen LogP contribution in [0.3, 0.4) is 0 Å². The molecule has 0 radical (unpaired) electrons. The predicted molar refractivity (Wildman–Crippen MR) is 76.2 cm³/mol. The van der Waals surface area contributed by atoms with E-state index in [-0.39, 0.29) is 0 Å². The standard InChI is InChI=1S/C15H28N2O2/c1-2-3-6-17-10-13(8-15(18)19)7-14(11-17)16-9-12-4-5-12/h12-14,16H,2-11H2,1H3,(H,18,19). The van der Waals surface area contributed by atoms with Gasteiger partial charge in [-0.2, -0.15) is 0 Å². The van der Waals surface area contributed by atoms with Crippen LogP contribution in [0.15, 0.2) is 0 Å². The first-order chi connectivity index (χ1) is 9.17. The maximum absolute atomic E-state index is 10.9. The zero-order valence-electron chi connectivity index (χ0n) is 12.1. The lowest BCUT2D eigenvalue weighted by Crippen LogP contribution is -2.50. The molecule has 2 atom stereocenters. The normalized spacial score (nSPS) is 28.5. The molecule has 0 bridgehead atoms. The molecule has 1 saturated carbocycles. The molecule has 0 amide bonds. The summed E-state index contributed by atoms with van der Waals surface area (Å²) in [6, 6.07) is 0.496. The molecule has 1 aliphatic carbocycles. The molecular formula is C15H28N2O2. The Labute approximate surface area is 116 Å². The first kappa shape index (κ1) is 14.8. The zero-order valence-corrected chi connectivity index (χ0v) is 12.1. The first-order valence-corrected chi connectivity index (χ1v) is 7.85. The van der Waals surface area contributed by atoms with Crippen LogP contribution in [0.1, 0.15) is 45.4 Å². The lowest BCUT2D eigenvalue weighted by Gasteiger charge is -2.38. The largest absolute Gasteiger partial charge is 0.481 e. The number of nitrogens with zero attached hydrogens (tertiary/aromatic N) is 1. The molecule has 2 N–H and O–H groups in total. The third kappa shape index (κ3) is 5.49. The van der Waals surface area contributed by atoms with Gasteiger partial charge < -0.3 is 15.3 Å². The molecule has 1 heterocycles. The summed E-state index contributed by atoms with van der Waals surface area (Å²) < 4.78 is 0. The number of carboxylic acids is 1. The van der Waals surface area contributed by atoms with Crippen LogP contribution in [-0.2, 0) is 4.79 Å². The van der Waals surface area contributed by atoms with Crippen molar-refractivity contribution in [1.82, 2.24) is 10.2 Å². The number of rotatable bonds is 8. The molecule has 2 unspecified atom stereocenters. The van der Waals surface area contributed by atoms with E-state index in [9.17, 15) is 4.79 Å². The summed E-state index contributed by atoms with van der Waals surface area (Å²) in [5.41, 5.74) is 0. The molecule has 1 aliphatic heterocycles. The smallest absolute Gasteiger partial charge is 0.303 e. The molecule has 0 aromatic rings. The Morgan fingerprint density at radius 1 is 1.32 bits per heavy atom. The van der Waals surface area contributed by atoms with Crippen LogP contribution < -0.4 is 5.32 Å². The van der Waals surface area contributed by atoms with Gasteiger partial charge in [0.15, 0.2) is 0 Å². The number of nitrogens with one attached hydrogen (secondary N) is 1. The molecule has 2 fully saturated rings. The highest BCUT2D eigenvalue weighted by Crippen LogP contribution is 2.28. The highest BCUT2D eigenvalue weighted by atomic mass is 16.4. The van der Waals surface area contributed by atoms with Gasteiger partial charge in [-0.05, 0) is 50.6 Å². The van der Waals surface area contributed by atoms with Crippen LogP contribution in [-0.4, -0.2) is 48.2 Å². The quantitative estimate of drug-likeness (QED) is 0.706. The fourth-order valence-electron chi connectivity index (χ4n) is 3.07. The van der Waals surface area contributed by atoms with Crippen LogP contribution in [0.5, 0.6) is 0 Å². The maximum atomic E-state index is 10.9. The number of carbonyl (C=O) groups is 1. The molecule has 19 heavy (non-hydrogen) atoms. The lowest BCUT2D eigenvalue weighted by atomic mass is 9.91. The molecule has 4 nitrogen and oxygen atoms in total. The summed E-state index contributed by atoms with van der Waals surface area (Å²) in [6.07, 6.45) is 6.52. The number of hydrogen-bond donors (Lipinski definition) is 2. The second-order valence-electron chi connectivity index (χ2n) is 6.36. The van der Waals surface area contributed by atoms with Crippen molar-refractivity contribution < 1.29 is 9.90 Å². The fourth-order valence-corrected chi connectivity index (χ4v) is 3.07. The highest BCUT2D eigenvalue weighted by molar-refractivity contribution is 5.67. The lowest BCUT2D eigenvalue weighted by molar-refractivity contribution is -0.138. The van der Waals surface area contributed by atoms with E-state index in [1.807, 2.05) is 0 Å². The molecule has 110 valence electrons. The van der Waals surface area contributed by atoms with Crippen LogP contribution in [0, 0.1) is 11.8 Å². The van der Waals surface area contributed by atoms with Gasteiger partial charge in [-0.15, -0.1) is 0 Å². The Bertz CT molecular complexity index is 292. The molecule has 1 saturated heterocycles. The minimum absolute atomic E-state index is 0.319. The van der Waals surface area contributed by atoms with Gasteiger partial charge in [0.25, 0.3) is 0 Å². The van der Waals surface area contributed by atoms with E-state index < -0.39 is 5.97 Å². The van der Waals surface area contributed by atoms with Gasteiger partial charge in [0, 0.05) is 25.6 Å². The van der Waals surface area contributed by atoms with E-state index in [0.717, 1.165) is 38.5 Å². The molecule has 2 aliphatic rings. The monoisotopic (exact) mass is 268 g/mol. The van der Waals surface area contributed by atoms with E-state index in [2.05, 4.69) is 17.1 Å². The molecular weight excluding hydrogens is 240 g/mol. The van der Waals surface area contributed by atoms with Gasteiger partial charge >= 0.3 is 5.97 Å². The summed E-state index contributed by atoms with van der Waals surface area (Å²) >= 11 is 0. The van der Waals surface area contributed by atoms with Gasteiger partial charge in [0.1, 0.15) is 0 Å². The minimum atomic E-state index is -0.650. The van der Waals surface area contributed by atoms with Gasteiger partial charge in [0.05, 0.1) is 0 Å². The second-order valence-corrected chi connectivity index (χ2v) is 6.36. The molecule has 0 spiro atoms. The number of hydrogen-bond acceptors (Lipinski definition) is 3. The van der Waals surface area contributed by atoms with E-state index in [1.54, 1.807) is 0 Å². The first-order valence-electron chi connectivity index (χ1n) is 7.85. The average Bonchev–Trinajstić information content (AvgIpc) is 3.17. The van der Waals surface area contributed by atoms with Gasteiger partial charge in [-0.3, -0.25) is 4.79 Å². The van der Waals surface area contributed by atoms with Crippen molar-refractivity contribution in [2.24, 2.45) is 11.8 Å². The molecule has 0 aromatic heterocycles. The topological polar surface area (TPSA) is 52.6 Å². The number of piperidine rings is 1. The molecule has 2 rings (SSSR count). The van der Waals surface area contributed by atoms with E-state index in [4.69, 9.17) is 5.11 Å². The summed E-state index contributed by atoms with van der Waals surface area (Å²) in [7, 11) is 0. The van der Waals surface area contributed by atoms with Crippen molar-refractivity contribution in [2.45, 2.75) is 51.5 Å². The number of unbranched alkanes of at least 4 members (excludes halogenated alkanes) is 1. The Balaban J connectivity index is 1.80. The SMILES string of the molecule is CCCCN1CC(CC(=O)O)CC(NCC2CC2)C1. The summed E-state index contributed by atoms with van der Waals surface area (Å²) in [4.78, 5) is 13.4. The van der Waals surface area contributed by atoms with Crippen LogP contribution in [0.25, 0.3) is 0 Å². The molecule has 4 heteroatoms. The van der Waals surface area contributed by atoms with Gasteiger partial charge in [-0.1, -0.05) is 13.3 Å². The fraction of sp³-hybridized carbons (Fsp3) is 0.933.